The molecular weight excluding hydrogens is 250 g/mol. The average molecular weight is 275 g/mol. The Bertz CT molecular complexity index is 485. The summed E-state index contributed by atoms with van der Waals surface area (Å²) in [4.78, 5) is 14.1. The minimum absolute atomic E-state index is 0.0584. The standard InChI is InChI=1S/C16H25N3O/c1-4-11(2)18-16(20)10-19-8-7-14-9-13(12(3)17)5-6-15(14)19/h5-6,9,11-12H,4,7-8,10,17H2,1-3H3,(H,18,20). The van der Waals surface area contributed by atoms with E-state index in [9.17, 15) is 4.79 Å². The van der Waals surface area contributed by atoms with Gasteiger partial charge in [0.1, 0.15) is 0 Å². The number of fused-ring (bicyclic) bond motifs is 1. The van der Waals surface area contributed by atoms with Gasteiger partial charge in [0.25, 0.3) is 0 Å². The monoisotopic (exact) mass is 275 g/mol. The molecule has 0 radical (unpaired) electrons. The van der Waals surface area contributed by atoms with Crippen molar-refractivity contribution in [1.82, 2.24) is 5.32 Å². The fourth-order valence-electron chi connectivity index (χ4n) is 2.53. The van der Waals surface area contributed by atoms with E-state index in [1.165, 1.54) is 11.3 Å². The largest absolute Gasteiger partial charge is 0.362 e. The van der Waals surface area contributed by atoms with Crippen molar-refractivity contribution < 1.29 is 4.79 Å². The van der Waals surface area contributed by atoms with Gasteiger partial charge in [-0.3, -0.25) is 4.79 Å². The van der Waals surface area contributed by atoms with Crippen molar-refractivity contribution in [3.8, 4) is 0 Å². The predicted molar refractivity (Wildman–Crippen MR) is 82.9 cm³/mol. The Labute approximate surface area is 121 Å². The van der Waals surface area contributed by atoms with E-state index in [4.69, 9.17) is 5.73 Å². The van der Waals surface area contributed by atoms with Crippen molar-refractivity contribution in [1.29, 1.82) is 0 Å². The third kappa shape index (κ3) is 3.31. The second-order valence-electron chi connectivity index (χ2n) is 5.73. The summed E-state index contributed by atoms with van der Waals surface area (Å²) >= 11 is 0. The maximum atomic E-state index is 12.0. The lowest BCUT2D eigenvalue weighted by Crippen LogP contribution is -2.40. The Hall–Kier alpha value is -1.55. The minimum Gasteiger partial charge on any atom is -0.362 e. The molecule has 0 aliphatic carbocycles. The van der Waals surface area contributed by atoms with Crippen molar-refractivity contribution in [3.05, 3.63) is 29.3 Å². The first-order chi connectivity index (χ1) is 9.51. The van der Waals surface area contributed by atoms with Crippen molar-refractivity contribution in [2.24, 2.45) is 5.73 Å². The highest BCUT2D eigenvalue weighted by molar-refractivity contribution is 5.82. The van der Waals surface area contributed by atoms with Gasteiger partial charge < -0.3 is 16.0 Å². The second-order valence-corrected chi connectivity index (χ2v) is 5.73. The van der Waals surface area contributed by atoms with Gasteiger partial charge in [-0.2, -0.15) is 0 Å². The third-order valence-corrected chi connectivity index (χ3v) is 3.98. The number of anilines is 1. The topological polar surface area (TPSA) is 58.4 Å². The normalized spacial score (nSPS) is 16.7. The summed E-state index contributed by atoms with van der Waals surface area (Å²) in [7, 11) is 0. The Morgan fingerprint density at radius 2 is 2.20 bits per heavy atom. The number of carbonyl (C=O) groups is 1. The molecule has 1 aromatic carbocycles. The molecule has 110 valence electrons. The molecule has 0 fully saturated rings. The average Bonchev–Trinajstić information content (AvgIpc) is 2.80. The number of carbonyl (C=O) groups excluding carboxylic acids is 1. The van der Waals surface area contributed by atoms with Crippen molar-refractivity contribution in [2.45, 2.75) is 45.7 Å². The molecule has 2 unspecified atom stereocenters. The zero-order chi connectivity index (χ0) is 14.7. The summed E-state index contributed by atoms with van der Waals surface area (Å²) in [5, 5.41) is 3.02. The molecule has 0 aromatic heterocycles. The van der Waals surface area contributed by atoms with Crippen LogP contribution in [0.15, 0.2) is 18.2 Å². The molecule has 1 aliphatic rings. The fraction of sp³-hybridized carbons (Fsp3) is 0.562. The Morgan fingerprint density at radius 3 is 2.85 bits per heavy atom. The first kappa shape index (κ1) is 14.9. The third-order valence-electron chi connectivity index (χ3n) is 3.98. The van der Waals surface area contributed by atoms with Crippen LogP contribution in [0.3, 0.4) is 0 Å². The number of hydrogen-bond donors (Lipinski definition) is 2. The lowest BCUT2D eigenvalue weighted by molar-refractivity contribution is -0.120. The molecule has 1 aliphatic heterocycles. The van der Waals surface area contributed by atoms with E-state index < -0.39 is 0 Å². The van der Waals surface area contributed by atoms with Crippen LogP contribution >= 0.6 is 0 Å². The number of nitrogens with one attached hydrogen (secondary N) is 1. The summed E-state index contributed by atoms with van der Waals surface area (Å²) < 4.78 is 0. The number of nitrogens with zero attached hydrogens (tertiary/aromatic N) is 1. The van der Waals surface area contributed by atoms with Crippen molar-refractivity contribution >= 4 is 11.6 Å². The molecule has 1 aromatic rings. The van der Waals surface area contributed by atoms with E-state index in [0.29, 0.717) is 6.54 Å². The molecule has 4 nitrogen and oxygen atoms in total. The SMILES string of the molecule is CCC(C)NC(=O)CN1CCc2cc(C(C)N)ccc21. The number of rotatable bonds is 5. The lowest BCUT2D eigenvalue weighted by Gasteiger charge is -2.20. The first-order valence-electron chi connectivity index (χ1n) is 7.44. The van der Waals surface area contributed by atoms with Crippen LogP contribution in [0.5, 0.6) is 0 Å². The number of hydrogen-bond acceptors (Lipinski definition) is 3. The highest BCUT2D eigenvalue weighted by Gasteiger charge is 2.22. The Balaban J connectivity index is 2.03. The summed E-state index contributed by atoms with van der Waals surface area (Å²) in [5.74, 6) is 0.100. The van der Waals surface area contributed by atoms with Gasteiger partial charge in [-0.05, 0) is 43.9 Å². The van der Waals surface area contributed by atoms with Crippen LogP contribution in [0.4, 0.5) is 5.69 Å². The molecular formula is C16H25N3O. The fourth-order valence-corrected chi connectivity index (χ4v) is 2.53. The molecule has 20 heavy (non-hydrogen) atoms. The van der Waals surface area contributed by atoms with Gasteiger partial charge in [-0.25, -0.2) is 0 Å². The Kier molecular flexibility index (Phi) is 4.65. The number of amides is 1. The highest BCUT2D eigenvalue weighted by atomic mass is 16.2. The minimum atomic E-state index is 0.0584. The van der Waals surface area contributed by atoms with E-state index in [1.807, 2.05) is 13.8 Å². The zero-order valence-electron chi connectivity index (χ0n) is 12.6. The van der Waals surface area contributed by atoms with Gasteiger partial charge in [0.2, 0.25) is 5.91 Å². The van der Waals surface area contributed by atoms with Crippen LogP contribution in [0.1, 0.15) is 44.4 Å². The molecule has 1 heterocycles. The maximum absolute atomic E-state index is 12.0. The van der Waals surface area contributed by atoms with Crippen LogP contribution in [0.25, 0.3) is 0 Å². The maximum Gasteiger partial charge on any atom is 0.239 e. The summed E-state index contributed by atoms with van der Waals surface area (Å²) in [6, 6.07) is 6.63. The van der Waals surface area contributed by atoms with Gasteiger partial charge in [0, 0.05) is 24.3 Å². The van der Waals surface area contributed by atoms with E-state index in [2.05, 4.69) is 35.3 Å². The zero-order valence-corrected chi connectivity index (χ0v) is 12.6. The van der Waals surface area contributed by atoms with Crippen LogP contribution in [0, 0.1) is 0 Å². The summed E-state index contributed by atoms with van der Waals surface area (Å²) in [6.45, 7) is 7.45. The highest BCUT2D eigenvalue weighted by Crippen LogP contribution is 2.29. The molecule has 2 rings (SSSR count). The van der Waals surface area contributed by atoms with E-state index in [1.54, 1.807) is 0 Å². The molecule has 0 saturated carbocycles. The van der Waals surface area contributed by atoms with Crippen LogP contribution < -0.4 is 16.0 Å². The Morgan fingerprint density at radius 1 is 1.45 bits per heavy atom. The molecule has 0 spiro atoms. The molecule has 0 saturated heterocycles. The summed E-state index contributed by atoms with van der Waals surface area (Å²) in [5.41, 5.74) is 9.55. The van der Waals surface area contributed by atoms with E-state index in [0.717, 1.165) is 24.9 Å². The summed E-state index contributed by atoms with van der Waals surface area (Å²) in [6.07, 6.45) is 1.95. The quantitative estimate of drug-likeness (QED) is 0.864. The first-order valence-corrected chi connectivity index (χ1v) is 7.44. The number of benzene rings is 1. The van der Waals surface area contributed by atoms with Crippen LogP contribution in [-0.2, 0) is 11.2 Å². The molecule has 2 atom stereocenters. The van der Waals surface area contributed by atoms with Crippen molar-refractivity contribution in [3.63, 3.8) is 0 Å². The predicted octanol–water partition coefficient (Wildman–Crippen LogP) is 1.98. The smallest absolute Gasteiger partial charge is 0.239 e. The van der Waals surface area contributed by atoms with Gasteiger partial charge in [-0.15, -0.1) is 0 Å². The van der Waals surface area contributed by atoms with Crippen LogP contribution in [-0.4, -0.2) is 25.0 Å². The van der Waals surface area contributed by atoms with E-state index in [-0.39, 0.29) is 18.0 Å². The molecule has 3 N–H and O–H groups in total. The van der Waals surface area contributed by atoms with Gasteiger partial charge in [-0.1, -0.05) is 19.1 Å². The molecule has 4 heteroatoms. The van der Waals surface area contributed by atoms with Crippen molar-refractivity contribution in [2.75, 3.05) is 18.0 Å². The molecule has 0 bridgehead atoms. The number of nitrogens with two attached hydrogens (primary N) is 1. The van der Waals surface area contributed by atoms with E-state index >= 15 is 0 Å². The molecule has 1 amide bonds. The van der Waals surface area contributed by atoms with Gasteiger partial charge in [0.05, 0.1) is 6.54 Å². The lowest BCUT2D eigenvalue weighted by atomic mass is 10.0. The van der Waals surface area contributed by atoms with Crippen LogP contribution in [0.2, 0.25) is 0 Å². The second kappa shape index (κ2) is 6.27. The van der Waals surface area contributed by atoms with Gasteiger partial charge in [0.15, 0.2) is 0 Å². The van der Waals surface area contributed by atoms with Gasteiger partial charge >= 0.3 is 0 Å².